The quantitative estimate of drug-likeness (QED) is 0.656. The Morgan fingerprint density at radius 1 is 1.30 bits per heavy atom. The van der Waals surface area contributed by atoms with Crippen molar-refractivity contribution >= 4 is 17.5 Å². The molecule has 1 saturated heterocycles. The Morgan fingerprint density at radius 2 is 2.05 bits per heavy atom. The van der Waals surface area contributed by atoms with Crippen LogP contribution in [0.4, 0.5) is 17.5 Å². The highest BCUT2D eigenvalue weighted by atomic mass is 16.6. The van der Waals surface area contributed by atoms with Gasteiger partial charge in [0.1, 0.15) is 5.69 Å². The Kier molecular flexibility index (Phi) is 3.19. The minimum absolute atomic E-state index is 0.00625. The molecule has 7 nitrogen and oxygen atoms in total. The van der Waals surface area contributed by atoms with E-state index in [1.807, 2.05) is 0 Å². The molecule has 1 saturated carbocycles. The fraction of sp³-hybridized carbons (Fsp3) is 0.692. The molecule has 1 aliphatic heterocycles. The number of hydrogen-bond acceptors (Lipinski definition) is 6. The molecule has 0 bridgehead atoms. The van der Waals surface area contributed by atoms with Crippen molar-refractivity contribution in [2.24, 2.45) is 5.92 Å². The van der Waals surface area contributed by atoms with Gasteiger partial charge in [-0.15, -0.1) is 0 Å². The molecule has 2 N–H and O–H groups in total. The Labute approximate surface area is 117 Å². The van der Waals surface area contributed by atoms with Crippen LogP contribution in [0.1, 0.15) is 37.8 Å². The number of nitro groups is 1. The summed E-state index contributed by atoms with van der Waals surface area (Å²) in [4.78, 5) is 21.2. The number of fused-ring (bicyclic) bond motifs is 1. The van der Waals surface area contributed by atoms with Gasteiger partial charge in [0, 0.05) is 12.6 Å². The van der Waals surface area contributed by atoms with Crippen molar-refractivity contribution < 1.29 is 4.92 Å². The number of piperidine rings is 1. The van der Waals surface area contributed by atoms with E-state index in [0.29, 0.717) is 23.5 Å². The summed E-state index contributed by atoms with van der Waals surface area (Å²) in [7, 11) is 0. The third-order valence-electron chi connectivity index (χ3n) is 4.51. The molecule has 7 heteroatoms. The van der Waals surface area contributed by atoms with Crippen LogP contribution in [0.2, 0.25) is 0 Å². The maximum atomic E-state index is 11.3. The van der Waals surface area contributed by atoms with E-state index < -0.39 is 0 Å². The van der Waals surface area contributed by atoms with E-state index in [-0.39, 0.29) is 16.6 Å². The van der Waals surface area contributed by atoms with Crippen LogP contribution < -0.4 is 10.6 Å². The molecule has 2 atom stereocenters. The summed E-state index contributed by atoms with van der Waals surface area (Å²) in [5.41, 5.74) is 6.05. The average Bonchev–Trinajstić information content (AvgIpc) is 2.84. The average molecular weight is 277 g/mol. The molecule has 3 rings (SSSR count). The number of nitrogens with zero attached hydrogens (tertiary/aromatic N) is 4. The molecule has 2 fully saturated rings. The molecule has 1 aliphatic carbocycles. The minimum Gasteiger partial charge on any atom is -0.368 e. The largest absolute Gasteiger partial charge is 0.368 e. The number of aryl methyl sites for hydroxylation is 1. The van der Waals surface area contributed by atoms with E-state index in [1.54, 1.807) is 6.92 Å². The summed E-state index contributed by atoms with van der Waals surface area (Å²) in [6, 6.07) is 0.371. The molecule has 1 aromatic heterocycles. The SMILES string of the molecule is Cc1nc(N)nc(N2CCCC3CCCC32)c1[N+](=O)[O-]. The lowest BCUT2D eigenvalue weighted by molar-refractivity contribution is -0.385. The predicted molar refractivity (Wildman–Crippen MR) is 75.5 cm³/mol. The van der Waals surface area contributed by atoms with E-state index in [1.165, 1.54) is 19.3 Å². The van der Waals surface area contributed by atoms with Gasteiger partial charge in [0.05, 0.1) is 4.92 Å². The molecule has 2 aliphatic rings. The molecule has 20 heavy (non-hydrogen) atoms. The second-order valence-corrected chi connectivity index (χ2v) is 5.69. The fourth-order valence-corrected chi connectivity index (χ4v) is 3.70. The van der Waals surface area contributed by atoms with E-state index in [2.05, 4.69) is 14.9 Å². The van der Waals surface area contributed by atoms with Crippen LogP contribution in [0.5, 0.6) is 0 Å². The van der Waals surface area contributed by atoms with Crippen molar-refractivity contribution in [3.8, 4) is 0 Å². The van der Waals surface area contributed by atoms with Crippen molar-refractivity contribution in [3.05, 3.63) is 15.8 Å². The number of rotatable bonds is 2. The molecular formula is C13H19N5O2. The first-order chi connectivity index (χ1) is 9.58. The zero-order chi connectivity index (χ0) is 14.3. The van der Waals surface area contributed by atoms with Crippen molar-refractivity contribution in [1.82, 2.24) is 9.97 Å². The highest BCUT2D eigenvalue weighted by Crippen LogP contribution is 2.41. The van der Waals surface area contributed by atoms with Crippen LogP contribution in [0, 0.1) is 23.0 Å². The van der Waals surface area contributed by atoms with E-state index in [0.717, 1.165) is 19.4 Å². The van der Waals surface area contributed by atoms with Crippen molar-refractivity contribution in [2.45, 2.75) is 45.1 Å². The van der Waals surface area contributed by atoms with Crippen LogP contribution in [-0.2, 0) is 0 Å². The van der Waals surface area contributed by atoms with Crippen LogP contribution >= 0.6 is 0 Å². The Morgan fingerprint density at radius 3 is 2.80 bits per heavy atom. The summed E-state index contributed by atoms with van der Waals surface area (Å²) in [5.74, 6) is 1.17. The van der Waals surface area contributed by atoms with Crippen molar-refractivity contribution in [1.29, 1.82) is 0 Å². The number of anilines is 2. The molecule has 0 amide bonds. The number of nitrogens with two attached hydrogens (primary N) is 1. The summed E-state index contributed by atoms with van der Waals surface area (Å²) in [5, 5.41) is 11.3. The van der Waals surface area contributed by atoms with E-state index >= 15 is 0 Å². The first-order valence-corrected chi connectivity index (χ1v) is 7.13. The second kappa shape index (κ2) is 4.88. The molecule has 0 spiro atoms. The third-order valence-corrected chi connectivity index (χ3v) is 4.51. The van der Waals surface area contributed by atoms with E-state index in [9.17, 15) is 10.1 Å². The normalized spacial score (nSPS) is 25.6. The number of hydrogen-bond donors (Lipinski definition) is 1. The standard InChI is InChI=1S/C13H19N5O2/c1-8-11(18(19)20)12(16-13(14)15-8)17-7-3-5-9-4-2-6-10(9)17/h9-10H,2-7H2,1H3,(H2,14,15,16). The molecule has 2 heterocycles. The Balaban J connectivity index is 2.06. The van der Waals surface area contributed by atoms with Crippen LogP contribution in [0.25, 0.3) is 0 Å². The number of aromatic nitrogens is 2. The van der Waals surface area contributed by atoms with Crippen molar-refractivity contribution in [2.75, 3.05) is 17.2 Å². The van der Waals surface area contributed by atoms with Crippen LogP contribution in [-0.4, -0.2) is 27.5 Å². The van der Waals surface area contributed by atoms with Gasteiger partial charge >= 0.3 is 5.69 Å². The van der Waals surface area contributed by atoms with Gasteiger partial charge < -0.3 is 10.6 Å². The summed E-state index contributed by atoms with van der Waals surface area (Å²) >= 11 is 0. The molecular weight excluding hydrogens is 258 g/mol. The summed E-state index contributed by atoms with van der Waals surface area (Å²) in [6.45, 7) is 2.44. The molecule has 0 radical (unpaired) electrons. The molecule has 108 valence electrons. The maximum Gasteiger partial charge on any atom is 0.332 e. The lowest BCUT2D eigenvalue weighted by Crippen LogP contribution is -2.43. The van der Waals surface area contributed by atoms with Gasteiger partial charge in [0.2, 0.25) is 11.8 Å². The van der Waals surface area contributed by atoms with Gasteiger partial charge in [0.25, 0.3) is 0 Å². The fourth-order valence-electron chi connectivity index (χ4n) is 3.70. The van der Waals surface area contributed by atoms with Gasteiger partial charge in [-0.05, 0) is 38.5 Å². The minimum atomic E-state index is -0.386. The Hall–Kier alpha value is -1.92. The first-order valence-electron chi connectivity index (χ1n) is 7.13. The third kappa shape index (κ3) is 2.07. The molecule has 1 aromatic rings. The van der Waals surface area contributed by atoms with Crippen LogP contribution in [0.3, 0.4) is 0 Å². The van der Waals surface area contributed by atoms with Crippen LogP contribution in [0.15, 0.2) is 0 Å². The first kappa shape index (κ1) is 13.1. The van der Waals surface area contributed by atoms with Gasteiger partial charge in [-0.2, -0.15) is 4.98 Å². The number of nitrogen functional groups attached to an aromatic ring is 1. The zero-order valence-electron chi connectivity index (χ0n) is 11.6. The van der Waals surface area contributed by atoms with Crippen molar-refractivity contribution in [3.63, 3.8) is 0 Å². The smallest absolute Gasteiger partial charge is 0.332 e. The van der Waals surface area contributed by atoms with E-state index in [4.69, 9.17) is 5.73 Å². The topological polar surface area (TPSA) is 98.2 Å². The molecule has 0 aromatic carbocycles. The zero-order valence-corrected chi connectivity index (χ0v) is 11.6. The van der Waals surface area contributed by atoms with Gasteiger partial charge in [0.15, 0.2) is 0 Å². The summed E-state index contributed by atoms with van der Waals surface area (Å²) in [6.07, 6.45) is 5.77. The molecule has 2 unspecified atom stereocenters. The Bertz CT molecular complexity index is 548. The highest BCUT2D eigenvalue weighted by Gasteiger charge is 2.39. The monoisotopic (exact) mass is 277 g/mol. The van der Waals surface area contributed by atoms with Gasteiger partial charge in [-0.1, -0.05) is 6.42 Å². The van der Waals surface area contributed by atoms with Gasteiger partial charge in [-0.3, -0.25) is 10.1 Å². The summed E-state index contributed by atoms with van der Waals surface area (Å²) < 4.78 is 0. The second-order valence-electron chi connectivity index (χ2n) is 5.69. The highest BCUT2D eigenvalue weighted by molar-refractivity contribution is 5.62. The maximum absolute atomic E-state index is 11.3. The lowest BCUT2D eigenvalue weighted by Gasteiger charge is -2.38. The lowest BCUT2D eigenvalue weighted by atomic mass is 9.92. The van der Waals surface area contributed by atoms with Gasteiger partial charge in [-0.25, -0.2) is 4.98 Å². The predicted octanol–water partition coefficient (Wildman–Crippen LogP) is 2.04.